The van der Waals surface area contributed by atoms with E-state index in [4.69, 9.17) is 25.4 Å². The zero-order valence-electron chi connectivity index (χ0n) is 16.9. The van der Waals surface area contributed by atoms with E-state index >= 15 is 0 Å². The predicted octanol–water partition coefficient (Wildman–Crippen LogP) is 2.73. The number of nitrogens with zero attached hydrogens (tertiary/aromatic N) is 1. The molecule has 2 heterocycles. The number of methoxy groups -OCH3 is 1. The maximum Gasteiger partial charge on any atom is 0.252 e. The van der Waals surface area contributed by atoms with E-state index in [0.29, 0.717) is 46.8 Å². The summed E-state index contributed by atoms with van der Waals surface area (Å²) >= 11 is 0. The number of primary amides is 2. The highest BCUT2D eigenvalue weighted by Crippen LogP contribution is 2.51. The first-order valence-electron chi connectivity index (χ1n) is 9.66. The second-order valence-corrected chi connectivity index (χ2v) is 7.47. The molecule has 8 nitrogen and oxygen atoms in total. The van der Waals surface area contributed by atoms with Crippen LogP contribution in [0.15, 0.2) is 34.9 Å². The van der Waals surface area contributed by atoms with E-state index in [1.807, 2.05) is 6.07 Å². The molecule has 156 valence electrons. The van der Waals surface area contributed by atoms with Gasteiger partial charge in [-0.25, -0.2) is 4.98 Å². The van der Waals surface area contributed by atoms with Crippen LogP contribution in [0.1, 0.15) is 46.5 Å². The molecule has 2 aromatic heterocycles. The number of hydrogen-bond acceptors (Lipinski definition) is 6. The van der Waals surface area contributed by atoms with Crippen LogP contribution in [0.25, 0.3) is 11.0 Å². The van der Waals surface area contributed by atoms with Gasteiger partial charge in [0.05, 0.1) is 23.7 Å². The molecule has 0 unspecified atom stereocenters. The van der Waals surface area contributed by atoms with Gasteiger partial charge in [0.1, 0.15) is 23.7 Å². The number of furan rings is 1. The summed E-state index contributed by atoms with van der Waals surface area (Å²) in [5.74, 6) is 0.209. The number of nitrogens with two attached hydrogens (primary N) is 2. The Morgan fingerprint density at radius 2 is 2.00 bits per heavy atom. The van der Waals surface area contributed by atoms with Crippen LogP contribution in [0.4, 0.5) is 0 Å². The van der Waals surface area contributed by atoms with Crippen LogP contribution in [0.2, 0.25) is 0 Å². The zero-order chi connectivity index (χ0) is 21.5. The fourth-order valence-electron chi connectivity index (χ4n) is 4.20. The molecule has 0 bridgehead atoms. The largest absolute Gasteiger partial charge is 0.488 e. The molecule has 0 radical (unpaired) electrons. The first-order valence-corrected chi connectivity index (χ1v) is 9.66. The van der Waals surface area contributed by atoms with Crippen LogP contribution >= 0.6 is 0 Å². The first kappa shape index (κ1) is 19.8. The molecule has 1 aliphatic rings. The topological polar surface area (TPSA) is 131 Å². The Morgan fingerprint density at radius 1 is 1.23 bits per heavy atom. The number of carbonyl (C=O) groups excluding carboxylic acids is 2. The Labute approximate surface area is 173 Å². The zero-order valence-corrected chi connectivity index (χ0v) is 16.9. The Balaban J connectivity index is 1.89. The number of aromatic nitrogens is 1. The third-order valence-electron chi connectivity index (χ3n) is 5.82. The van der Waals surface area contributed by atoms with Crippen LogP contribution in [0, 0.1) is 6.92 Å². The molecule has 1 saturated carbocycles. The van der Waals surface area contributed by atoms with Gasteiger partial charge >= 0.3 is 0 Å². The molecule has 2 amide bonds. The van der Waals surface area contributed by atoms with Crippen molar-refractivity contribution < 1.29 is 23.5 Å². The van der Waals surface area contributed by atoms with Gasteiger partial charge in [0.25, 0.3) is 5.91 Å². The fraction of sp³-hybridized carbons (Fsp3) is 0.318. The van der Waals surface area contributed by atoms with Gasteiger partial charge in [0.15, 0.2) is 0 Å². The maximum absolute atomic E-state index is 12.6. The van der Waals surface area contributed by atoms with Gasteiger partial charge in [0.2, 0.25) is 11.8 Å². The highest BCUT2D eigenvalue weighted by atomic mass is 16.5. The van der Waals surface area contributed by atoms with Gasteiger partial charge < -0.3 is 25.4 Å². The summed E-state index contributed by atoms with van der Waals surface area (Å²) in [7, 11) is 1.53. The average Bonchev–Trinajstić information content (AvgIpc) is 3.02. The van der Waals surface area contributed by atoms with E-state index < -0.39 is 17.2 Å². The van der Waals surface area contributed by atoms with Crippen molar-refractivity contribution in [2.24, 2.45) is 11.5 Å². The molecule has 3 aromatic rings. The number of amides is 2. The number of hydrogen-bond donors (Lipinski definition) is 2. The average molecular weight is 409 g/mol. The minimum Gasteiger partial charge on any atom is -0.488 e. The molecule has 0 saturated heterocycles. The van der Waals surface area contributed by atoms with Gasteiger partial charge in [-0.1, -0.05) is 6.42 Å². The molecule has 30 heavy (non-hydrogen) atoms. The van der Waals surface area contributed by atoms with Crippen molar-refractivity contribution in [2.75, 3.05) is 7.11 Å². The van der Waals surface area contributed by atoms with Crippen LogP contribution < -0.4 is 20.9 Å². The second-order valence-electron chi connectivity index (χ2n) is 7.47. The molecule has 1 fully saturated rings. The molecule has 1 aliphatic carbocycles. The molecule has 4 rings (SSSR count). The second kappa shape index (κ2) is 7.37. The maximum atomic E-state index is 12.6. The number of benzene rings is 1. The number of pyridine rings is 1. The monoisotopic (exact) mass is 409 g/mol. The number of aryl methyl sites for hydroxylation is 1. The molecule has 4 N–H and O–H groups in total. The van der Waals surface area contributed by atoms with Crippen molar-refractivity contribution >= 4 is 22.8 Å². The normalized spacial score (nSPS) is 14.9. The molecular weight excluding hydrogens is 386 g/mol. The summed E-state index contributed by atoms with van der Waals surface area (Å²) in [4.78, 5) is 28.9. The Kier molecular flexibility index (Phi) is 4.85. The van der Waals surface area contributed by atoms with E-state index in [1.165, 1.54) is 7.11 Å². The highest BCUT2D eigenvalue weighted by molar-refractivity contribution is 6.10. The standard InChI is InChI=1S/C22H23N3O5/c1-12-16(19(23)26)17-14(30-12)6-7-15(18(17)22(21(24)27)8-4-9-22)29-11-13-5-3-10-25-20(13)28-2/h3,5-7,10H,4,8-9,11H2,1-2H3,(H2,23,26)(H2,24,27). The molecule has 1 aromatic carbocycles. The predicted molar refractivity (Wildman–Crippen MR) is 109 cm³/mol. The third-order valence-corrected chi connectivity index (χ3v) is 5.82. The lowest BCUT2D eigenvalue weighted by Gasteiger charge is -2.40. The van der Waals surface area contributed by atoms with Gasteiger partial charge in [-0.15, -0.1) is 0 Å². The van der Waals surface area contributed by atoms with Crippen molar-refractivity contribution in [1.82, 2.24) is 4.98 Å². The van der Waals surface area contributed by atoms with Crippen LogP contribution in [-0.4, -0.2) is 23.9 Å². The summed E-state index contributed by atoms with van der Waals surface area (Å²) in [5, 5.41) is 0.495. The minimum atomic E-state index is -0.936. The molecule has 0 spiro atoms. The van der Waals surface area contributed by atoms with Crippen molar-refractivity contribution in [1.29, 1.82) is 0 Å². The van der Waals surface area contributed by atoms with Gasteiger partial charge in [0, 0.05) is 17.1 Å². The van der Waals surface area contributed by atoms with Gasteiger partial charge in [-0.2, -0.15) is 0 Å². The van der Waals surface area contributed by atoms with E-state index in [2.05, 4.69) is 4.98 Å². The first-order chi connectivity index (χ1) is 14.4. The highest BCUT2D eigenvalue weighted by Gasteiger charge is 2.48. The summed E-state index contributed by atoms with van der Waals surface area (Å²) in [6, 6.07) is 7.07. The number of ether oxygens (including phenoxy) is 2. The van der Waals surface area contributed by atoms with Crippen LogP contribution in [0.5, 0.6) is 11.6 Å². The van der Waals surface area contributed by atoms with Crippen molar-refractivity contribution in [2.45, 2.75) is 38.2 Å². The van der Waals surface area contributed by atoms with Gasteiger partial charge in [-0.3, -0.25) is 9.59 Å². The molecule has 0 aliphatic heterocycles. The van der Waals surface area contributed by atoms with Crippen molar-refractivity contribution in [3.8, 4) is 11.6 Å². The van der Waals surface area contributed by atoms with E-state index in [0.717, 1.165) is 12.0 Å². The lowest BCUT2D eigenvalue weighted by Crippen LogP contribution is -2.47. The Bertz CT molecular complexity index is 1150. The quantitative estimate of drug-likeness (QED) is 0.617. The Morgan fingerprint density at radius 3 is 2.60 bits per heavy atom. The SMILES string of the molecule is COc1ncccc1COc1ccc2oc(C)c(C(N)=O)c2c1C1(C(N)=O)CCC1. The Hall–Kier alpha value is -3.55. The van der Waals surface area contributed by atoms with E-state index in [1.54, 1.807) is 31.3 Å². The minimum absolute atomic E-state index is 0.160. The molecule has 8 heteroatoms. The summed E-state index contributed by atoms with van der Waals surface area (Å²) in [6.07, 6.45) is 3.61. The van der Waals surface area contributed by atoms with Crippen molar-refractivity contribution in [3.05, 3.63) is 52.9 Å². The van der Waals surface area contributed by atoms with Gasteiger partial charge in [-0.05, 0) is 44.0 Å². The number of rotatable bonds is 7. The smallest absolute Gasteiger partial charge is 0.252 e. The number of carbonyl (C=O) groups is 2. The summed E-state index contributed by atoms with van der Waals surface area (Å²) in [5.41, 5.74) is 12.6. The lowest BCUT2D eigenvalue weighted by molar-refractivity contribution is -0.126. The molecule has 0 atom stereocenters. The lowest BCUT2D eigenvalue weighted by atomic mass is 9.62. The van der Waals surface area contributed by atoms with Crippen LogP contribution in [-0.2, 0) is 16.8 Å². The number of fused-ring (bicyclic) bond motifs is 1. The summed E-state index contributed by atoms with van der Waals surface area (Å²) in [6.45, 7) is 1.83. The third kappa shape index (κ3) is 2.96. The summed E-state index contributed by atoms with van der Waals surface area (Å²) < 4.78 is 17.2. The fourth-order valence-corrected chi connectivity index (χ4v) is 4.20. The van der Waals surface area contributed by atoms with Crippen LogP contribution in [0.3, 0.4) is 0 Å². The van der Waals surface area contributed by atoms with E-state index in [-0.39, 0.29) is 12.2 Å². The molecular formula is C22H23N3O5. The van der Waals surface area contributed by atoms with Crippen molar-refractivity contribution in [3.63, 3.8) is 0 Å². The van der Waals surface area contributed by atoms with E-state index in [9.17, 15) is 9.59 Å².